The van der Waals surface area contributed by atoms with Crippen LogP contribution >= 0.6 is 7.80 Å². The third-order valence-electron chi connectivity index (χ3n) is 3.03. The van der Waals surface area contributed by atoms with Gasteiger partial charge in [-0.1, -0.05) is 13.3 Å². The molecule has 0 aromatic rings. The van der Waals surface area contributed by atoms with Crippen molar-refractivity contribution in [2.75, 3.05) is 46.6 Å². The Bertz CT molecular complexity index is 426. The van der Waals surface area contributed by atoms with E-state index < -0.39 is 19.7 Å². The van der Waals surface area contributed by atoms with E-state index in [0.717, 1.165) is 29.9 Å². The van der Waals surface area contributed by atoms with Gasteiger partial charge in [-0.25, -0.2) is 9.59 Å². The van der Waals surface area contributed by atoms with Gasteiger partial charge in [-0.3, -0.25) is 0 Å². The van der Waals surface area contributed by atoms with E-state index in [2.05, 4.69) is 0 Å². The summed E-state index contributed by atoms with van der Waals surface area (Å²) in [6.45, 7) is 3.04. The third-order valence-corrected chi connectivity index (χ3v) is 4.61. The molecule has 0 aromatic carbocycles. The number of aliphatic carboxylic acids is 1. The highest BCUT2D eigenvalue weighted by Crippen LogP contribution is 2.24. The molecule has 0 rings (SSSR count). The fraction of sp³-hybridized carbons (Fsp3) is 0.733. The quantitative estimate of drug-likeness (QED) is 0.205. The molecule has 0 aliphatic heterocycles. The molecular weight excluding hydrogens is 305 g/mol. The summed E-state index contributed by atoms with van der Waals surface area (Å²) < 4.78 is 17.8. The maximum Gasteiger partial charge on any atom is 0.334 e. The third kappa shape index (κ3) is 11.5. The van der Waals surface area contributed by atoms with Crippen molar-refractivity contribution in [3.05, 3.63) is 11.6 Å². The molecule has 0 heterocycles. The Morgan fingerprint density at radius 2 is 1.86 bits per heavy atom. The number of unbranched alkanes of at least 4 members (excludes halogenated alkanes) is 1. The number of rotatable bonds is 11. The summed E-state index contributed by atoms with van der Waals surface area (Å²) in [5, 5.41) is 8.82. The standard InChI is InChI=1S/C15H28NO5P/c1-5-6-9-21-15(19)13(12-14(17)18)7-10-22(20)11-8-16(2,3)4/h12,22H,5-11H2,1-4H3/p+1/b13-12-. The molecule has 0 aliphatic rings. The van der Waals surface area contributed by atoms with Gasteiger partial charge in [0.15, 0.2) is 0 Å². The lowest BCUT2D eigenvalue weighted by Gasteiger charge is -2.23. The van der Waals surface area contributed by atoms with Crippen molar-refractivity contribution < 1.29 is 28.5 Å². The average Bonchev–Trinajstić information content (AvgIpc) is 2.40. The van der Waals surface area contributed by atoms with Crippen molar-refractivity contribution in [1.82, 2.24) is 0 Å². The van der Waals surface area contributed by atoms with E-state index in [1.54, 1.807) is 0 Å². The van der Waals surface area contributed by atoms with E-state index in [-0.39, 0.29) is 18.6 Å². The molecule has 22 heavy (non-hydrogen) atoms. The van der Waals surface area contributed by atoms with Gasteiger partial charge in [0, 0.05) is 24.0 Å². The first-order valence-electron chi connectivity index (χ1n) is 7.58. The summed E-state index contributed by atoms with van der Waals surface area (Å²) in [5.74, 6) is -1.80. The van der Waals surface area contributed by atoms with Gasteiger partial charge in [-0.05, 0) is 12.8 Å². The van der Waals surface area contributed by atoms with Gasteiger partial charge in [0.2, 0.25) is 0 Å². The number of carboxylic acid groups (broad SMARTS) is 1. The van der Waals surface area contributed by atoms with Crippen molar-refractivity contribution in [2.45, 2.75) is 26.2 Å². The van der Waals surface area contributed by atoms with Gasteiger partial charge in [-0.2, -0.15) is 0 Å². The van der Waals surface area contributed by atoms with Gasteiger partial charge in [-0.15, -0.1) is 0 Å². The molecule has 0 aromatic heterocycles. The first-order chi connectivity index (χ1) is 10.2. The number of hydrogen-bond acceptors (Lipinski definition) is 4. The van der Waals surface area contributed by atoms with Crippen LogP contribution in [0, 0.1) is 0 Å². The number of ether oxygens (including phenoxy) is 1. The number of nitrogens with zero attached hydrogens (tertiary/aromatic N) is 1. The summed E-state index contributed by atoms with van der Waals surface area (Å²) in [4.78, 5) is 22.6. The van der Waals surface area contributed by atoms with Gasteiger partial charge in [0.1, 0.15) is 0 Å². The number of carbonyl (C=O) groups is 2. The van der Waals surface area contributed by atoms with E-state index in [9.17, 15) is 14.2 Å². The van der Waals surface area contributed by atoms with Gasteiger partial charge in [0.25, 0.3) is 0 Å². The van der Waals surface area contributed by atoms with Crippen molar-refractivity contribution in [3.63, 3.8) is 0 Å². The predicted octanol–water partition coefficient (Wildman–Crippen LogP) is 2.00. The molecule has 7 heteroatoms. The molecule has 0 fully saturated rings. The average molecular weight is 334 g/mol. The molecule has 0 bridgehead atoms. The van der Waals surface area contributed by atoms with Gasteiger partial charge >= 0.3 is 11.9 Å². The molecule has 1 N–H and O–H groups in total. The summed E-state index contributed by atoms with van der Waals surface area (Å²) in [7, 11) is 4.25. The Balaban J connectivity index is 4.46. The van der Waals surface area contributed by atoms with Crippen LogP contribution in [-0.4, -0.2) is 68.1 Å². The molecule has 1 atom stereocenters. The van der Waals surface area contributed by atoms with Gasteiger partial charge < -0.3 is 18.9 Å². The van der Waals surface area contributed by atoms with E-state index in [1.165, 1.54) is 0 Å². The molecule has 0 saturated carbocycles. The minimum absolute atomic E-state index is 0.0900. The van der Waals surface area contributed by atoms with Gasteiger partial charge in [0.05, 0.1) is 42.1 Å². The second-order valence-corrected chi connectivity index (χ2v) is 8.38. The second kappa shape index (κ2) is 10.6. The number of quaternary nitrogens is 1. The van der Waals surface area contributed by atoms with Crippen LogP contribution in [0.25, 0.3) is 0 Å². The Morgan fingerprint density at radius 1 is 1.23 bits per heavy atom. The second-order valence-electron chi connectivity index (χ2n) is 6.30. The van der Waals surface area contributed by atoms with Crippen LogP contribution in [0.15, 0.2) is 11.6 Å². The highest BCUT2D eigenvalue weighted by molar-refractivity contribution is 7.44. The lowest BCUT2D eigenvalue weighted by Crippen LogP contribution is -2.36. The zero-order chi connectivity index (χ0) is 17.2. The highest BCUT2D eigenvalue weighted by atomic mass is 31.1. The fourth-order valence-electron chi connectivity index (χ4n) is 1.64. The minimum Gasteiger partial charge on any atom is -0.478 e. The number of carbonyl (C=O) groups excluding carboxylic acids is 1. The Morgan fingerprint density at radius 3 is 2.36 bits per heavy atom. The number of esters is 1. The van der Waals surface area contributed by atoms with E-state index in [1.807, 2.05) is 28.1 Å². The molecule has 0 amide bonds. The van der Waals surface area contributed by atoms with Crippen molar-refractivity contribution in [1.29, 1.82) is 0 Å². The zero-order valence-electron chi connectivity index (χ0n) is 14.1. The van der Waals surface area contributed by atoms with Crippen LogP contribution in [0.5, 0.6) is 0 Å². The van der Waals surface area contributed by atoms with Crippen LogP contribution in [0.4, 0.5) is 0 Å². The summed E-state index contributed by atoms with van der Waals surface area (Å²) >= 11 is 0. The lowest BCUT2D eigenvalue weighted by atomic mass is 10.2. The zero-order valence-corrected chi connectivity index (χ0v) is 15.1. The molecule has 0 spiro atoms. The number of hydrogen-bond donors (Lipinski definition) is 1. The Kier molecular flexibility index (Phi) is 10.0. The topological polar surface area (TPSA) is 80.7 Å². The molecule has 0 aliphatic carbocycles. The van der Waals surface area contributed by atoms with Crippen molar-refractivity contribution in [3.8, 4) is 0 Å². The first kappa shape index (κ1) is 20.9. The van der Waals surface area contributed by atoms with E-state index >= 15 is 0 Å². The van der Waals surface area contributed by atoms with Crippen LogP contribution in [-0.2, 0) is 18.9 Å². The van der Waals surface area contributed by atoms with Crippen LogP contribution in [0.1, 0.15) is 26.2 Å². The minimum atomic E-state index is -1.82. The SMILES string of the molecule is CCCCOC(=O)/C(=C\C(=O)O)CC[PH](=O)CC[N+](C)(C)C. The fourth-order valence-corrected chi connectivity index (χ4v) is 3.36. The van der Waals surface area contributed by atoms with E-state index in [0.29, 0.717) is 12.3 Å². The van der Waals surface area contributed by atoms with Crippen molar-refractivity contribution in [2.24, 2.45) is 0 Å². The lowest BCUT2D eigenvalue weighted by molar-refractivity contribution is -0.867. The molecule has 0 radical (unpaired) electrons. The Labute approximate surface area is 133 Å². The number of carboxylic acids is 1. The monoisotopic (exact) mass is 334 g/mol. The predicted molar refractivity (Wildman–Crippen MR) is 87.8 cm³/mol. The maximum absolute atomic E-state index is 12.0. The normalized spacial score (nSPS) is 13.7. The van der Waals surface area contributed by atoms with Crippen molar-refractivity contribution >= 4 is 19.7 Å². The molecule has 6 nitrogen and oxygen atoms in total. The summed E-state index contributed by atoms with van der Waals surface area (Å²) in [5.41, 5.74) is 0.0900. The smallest absolute Gasteiger partial charge is 0.334 e. The molecule has 0 saturated heterocycles. The van der Waals surface area contributed by atoms with Crippen LogP contribution in [0.3, 0.4) is 0 Å². The molecule has 1 unspecified atom stereocenters. The molecular formula is C15H29NO5P+. The Hall–Kier alpha value is -1.13. The van der Waals surface area contributed by atoms with Crippen LogP contribution in [0.2, 0.25) is 0 Å². The summed E-state index contributed by atoms with van der Waals surface area (Å²) in [6, 6.07) is 0. The first-order valence-corrected chi connectivity index (χ1v) is 9.40. The summed E-state index contributed by atoms with van der Waals surface area (Å²) in [6.07, 6.45) is 3.62. The molecule has 128 valence electrons. The largest absolute Gasteiger partial charge is 0.478 e. The highest BCUT2D eigenvalue weighted by Gasteiger charge is 2.16. The van der Waals surface area contributed by atoms with E-state index in [4.69, 9.17) is 9.84 Å². The van der Waals surface area contributed by atoms with Crippen LogP contribution < -0.4 is 0 Å². The maximum atomic E-state index is 12.0.